The Morgan fingerprint density at radius 3 is 2.89 bits per heavy atom. The lowest BCUT2D eigenvalue weighted by Gasteiger charge is -2.05. The van der Waals surface area contributed by atoms with Gasteiger partial charge in [-0.05, 0) is 6.92 Å². The Morgan fingerprint density at radius 2 is 2.22 bits per heavy atom. The molecule has 0 saturated heterocycles. The summed E-state index contributed by atoms with van der Waals surface area (Å²) in [5, 5.41) is 12.3. The Morgan fingerprint density at radius 1 is 1.39 bits per heavy atom. The second kappa shape index (κ2) is 5.26. The van der Waals surface area contributed by atoms with E-state index < -0.39 is 0 Å². The summed E-state index contributed by atoms with van der Waals surface area (Å²) in [4.78, 5) is 19.9. The molecule has 0 aliphatic rings. The van der Waals surface area contributed by atoms with Crippen LogP contribution in [0.4, 0.5) is 5.82 Å². The third-order valence-corrected chi connectivity index (χ3v) is 2.50. The van der Waals surface area contributed by atoms with Crippen LogP contribution in [-0.4, -0.2) is 33.1 Å². The molecule has 0 bridgehead atoms. The molecule has 0 spiro atoms. The van der Waals surface area contributed by atoms with E-state index in [4.69, 9.17) is 0 Å². The third-order valence-electron chi connectivity index (χ3n) is 2.50. The van der Waals surface area contributed by atoms with E-state index in [0.717, 1.165) is 11.3 Å². The number of carbonyl (C=O) groups is 1. The SMILES string of the molecule is CNc1cncc(C(=O)NCc2cn[nH]c2C)n1. The van der Waals surface area contributed by atoms with E-state index >= 15 is 0 Å². The number of aromatic nitrogens is 4. The first-order chi connectivity index (χ1) is 8.70. The van der Waals surface area contributed by atoms with Crippen molar-refractivity contribution in [1.82, 2.24) is 25.5 Å². The van der Waals surface area contributed by atoms with Gasteiger partial charge in [0.1, 0.15) is 11.5 Å². The molecule has 18 heavy (non-hydrogen) atoms. The number of hydrogen-bond donors (Lipinski definition) is 3. The van der Waals surface area contributed by atoms with Gasteiger partial charge in [-0.3, -0.25) is 14.9 Å². The summed E-state index contributed by atoms with van der Waals surface area (Å²) in [6.45, 7) is 2.31. The molecule has 7 heteroatoms. The number of hydrogen-bond acceptors (Lipinski definition) is 5. The molecule has 0 aliphatic heterocycles. The maximum atomic E-state index is 11.8. The van der Waals surface area contributed by atoms with Gasteiger partial charge >= 0.3 is 0 Å². The number of aromatic amines is 1. The zero-order valence-electron chi connectivity index (χ0n) is 10.2. The van der Waals surface area contributed by atoms with Gasteiger partial charge in [0.25, 0.3) is 5.91 Å². The minimum atomic E-state index is -0.264. The van der Waals surface area contributed by atoms with Crippen molar-refractivity contribution in [2.75, 3.05) is 12.4 Å². The Bertz CT molecular complexity index is 550. The van der Waals surface area contributed by atoms with Gasteiger partial charge < -0.3 is 10.6 Å². The lowest BCUT2D eigenvalue weighted by Crippen LogP contribution is -2.24. The van der Waals surface area contributed by atoms with Crippen LogP contribution >= 0.6 is 0 Å². The maximum absolute atomic E-state index is 11.8. The third kappa shape index (κ3) is 2.62. The second-order valence-electron chi connectivity index (χ2n) is 3.74. The first-order valence-corrected chi connectivity index (χ1v) is 5.47. The Balaban J connectivity index is 2.01. The van der Waals surface area contributed by atoms with E-state index in [2.05, 4.69) is 30.8 Å². The van der Waals surface area contributed by atoms with E-state index in [-0.39, 0.29) is 11.6 Å². The summed E-state index contributed by atoms with van der Waals surface area (Å²) in [6.07, 6.45) is 4.67. The van der Waals surface area contributed by atoms with Gasteiger partial charge in [0.2, 0.25) is 0 Å². The fourth-order valence-electron chi connectivity index (χ4n) is 1.42. The molecule has 0 aliphatic carbocycles. The number of anilines is 1. The topological polar surface area (TPSA) is 95.6 Å². The largest absolute Gasteiger partial charge is 0.372 e. The van der Waals surface area contributed by atoms with Gasteiger partial charge in [0.15, 0.2) is 0 Å². The summed E-state index contributed by atoms with van der Waals surface area (Å²) in [5.41, 5.74) is 2.16. The van der Waals surface area contributed by atoms with Gasteiger partial charge in [-0.25, -0.2) is 4.98 Å². The van der Waals surface area contributed by atoms with Crippen molar-refractivity contribution in [3.63, 3.8) is 0 Å². The molecule has 0 aromatic carbocycles. The van der Waals surface area contributed by atoms with Gasteiger partial charge in [-0.15, -0.1) is 0 Å². The first-order valence-electron chi connectivity index (χ1n) is 5.47. The van der Waals surface area contributed by atoms with Crippen LogP contribution in [0.15, 0.2) is 18.6 Å². The van der Waals surface area contributed by atoms with Crippen molar-refractivity contribution >= 4 is 11.7 Å². The Labute approximate surface area is 104 Å². The van der Waals surface area contributed by atoms with E-state index in [9.17, 15) is 4.79 Å². The fraction of sp³-hybridized carbons (Fsp3) is 0.273. The highest BCUT2D eigenvalue weighted by Gasteiger charge is 2.09. The smallest absolute Gasteiger partial charge is 0.271 e. The van der Waals surface area contributed by atoms with Crippen molar-refractivity contribution in [3.05, 3.63) is 35.5 Å². The monoisotopic (exact) mass is 246 g/mol. The number of rotatable bonds is 4. The van der Waals surface area contributed by atoms with Gasteiger partial charge in [0, 0.05) is 24.8 Å². The molecule has 3 N–H and O–H groups in total. The minimum Gasteiger partial charge on any atom is -0.372 e. The zero-order chi connectivity index (χ0) is 13.0. The summed E-state index contributed by atoms with van der Waals surface area (Å²) in [7, 11) is 1.72. The van der Waals surface area contributed by atoms with Crippen LogP contribution in [0, 0.1) is 6.92 Å². The summed E-state index contributed by atoms with van der Waals surface area (Å²) < 4.78 is 0. The lowest BCUT2D eigenvalue weighted by molar-refractivity contribution is 0.0945. The maximum Gasteiger partial charge on any atom is 0.271 e. The molecular weight excluding hydrogens is 232 g/mol. The molecule has 0 fully saturated rings. The van der Waals surface area contributed by atoms with Gasteiger partial charge in [-0.2, -0.15) is 5.10 Å². The molecule has 7 nitrogen and oxygen atoms in total. The molecule has 2 heterocycles. The van der Waals surface area contributed by atoms with Crippen molar-refractivity contribution < 1.29 is 4.79 Å². The molecule has 2 aromatic rings. The van der Waals surface area contributed by atoms with Crippen LogP contribution in [0.2, 0.25) is 0 Å². The highest BCUT2D eigenvalue weighted by Crippen LogP contribution is 2.03. The summed E-state index contributed by atoms with van der Waals surface area (Å²) >= 11 is 0. The molecule has 0 saturated carbocycles. The lowest BCUT2D eigenvalue weighted by atomic mass is 10.2. The zero-order valence-corrected chi connectivity index (χ0v) is 10.2. The number of H-pyrrole nitrogens is 1. The molecular formula is C11H14N6O. The van der Waals surface area contributed by atoms with Crippen LogP contribution in [0.25, 0.3) is 0 Å². The first kappa shape index (κ1) is 12.0. The Hall–Kier alpha value is -2.44. The molecule has 1 amide bonds. The van der Waals surface area contributed by atoms with Crippen LogP contribution in [-0.2, 0) is 6.54 Å². The van der Waals surface area contributed by atoms with E-state index in [1.165, 1.54) is 6.20 Å². The van der Waals surface area contributed by atoms with Crippen molar-refractivity contribution in [1.29, 1.82) is 0 Å². The standard InChI is InChI=1S/C11H14N6O/c1-7-8(4-15-17-7)3-14-11(18)9-5-13-6-10(12-2)16-9/h4-6H,3H2,1-2H3,(H,12,16)(H,14,18)(H,15,17). The quantitative estimate of drug-likeness (QED) is 0.729. The van der Waals surface area contributed by atoms with Gasteiger partial charge in [-0.1, -0.05) is 0 Å². The van der Waals surface area contributed by atoms with Crippen molar-refractivity contribution in [3.8, 4) is 0 Å². The average Bonchev–Trinajstić information content (AvgIpc) is 2.81. The van der Waals surface area contributed by atoms with E-state index in [0.29, 0.717) is 12.4 Å². The number of nitrogens with zero attached hydrogens (tertiary/aromatic N) is 3. The minimum absolute atomic E-state index is 0.264. The predicted molar refractivity (Wildman–Crippen MR) is 66.1 cm³/mol. The van der Waals surface area contributed by atoms with Crippen molar-refractivity contribution in [2.24, 2.45) is 0 Å². The van der Waals surface area contributed by atoms with Crippen molar-refractivity contribution in [2.45, 2.75) is 13.5 Å². The second-order valence-corrected chi connectivity index (χ2v) is 3.74. The normalized spacial score (nSPS) is 10.1. The molecule has 0 radical (unpaired) electrons. The number of carbonyl (C=O) groups excluding carboxylic acids is 1. The fourth-order valence-corrected chi connectivity index (χ4v) is 1.42. The molecule has 0 unspecified atom stereocenters. The molecule has 2 aromatic heterocycles. The van der Waals surface area contributed by atoms with Crippen LogP contribution in [0.5, 0.6) is 0 Å². The van der Waals surface area contributed by atoms with Crippen LogP contribution in [0.1, 0.15) is 21.7 Å². The predicted octanol–water partition coefficient (Wildman–Crippen LogP) is 0.480. The molecule has 0 atom stereocenters. The molecule has 2 rings (SSSR count). The average molecular weight is 246 g/mol. The highest BCUT2D eigenvalue weighted by molar-refractivity contribution is 5.92. The molecule has 94 valence electrons. The van der Waals surface area contributed by atoms with E-state index in [1.807, 2.05) is 6.92 Å². The summed E-state index contributed by atoms with van der Waals surface area (Å²) in [6, 6.07) is 0. The van der Waals surface area contributed by atoms with E-state index in [1.54, 1.807) is 19.4 Å². The van der Waals surface area contributed by atoms with Gasteiger partial charge in [0.05, 0.1) is 18.6 Å². The highest BCUT2D eigenvalue weighted by atomic mass is 16.1. The number of aryl methyl sites for hydroxylation is 1. The van der Waals surface area contributed by atoms with Crippen LogP contribution in [0.3, 0.4) is 0 Å². The number of nitrogens with one attached hydrogen (secondary N) is 3. The Kier molecular flexibility index (Phi) is 3.52. The summed E-state index contributed by atoms with van der Waals surface area (Å²) in [5.74, 6) is 0.294. The van der Waals surface area contributed by atoms with Crippen LogP contribution < -0.4 is 10.6 Å². The number of amides is 1.